The molecule has 0 aliphatic rings. The second-order valence-corrected chi connectivity index (χ2v) is 4.57. The van der Waals surface area contributed by atoms with Crippen LogP contribution in [-0.4, -0.2) is 12.0 Å². The summed E-state index contributed by atoms with van der Waals surface area (Å²) in [5, 5.41) is 3.04. The first-order chi connectivity index (χ1) is 8.69. The van der Waals surface area contributed by atoms with Crippen molar-refractivity contribution in [3.8, 4) is 11.6 Å². The van der Waals surface area contributed by atoms with Crippen LogP contribution in [0.4, 0.5) is 4.39 Å². The van der Waals surface area contributed by atoms with Gasteiger partial charge in [-0.1, -0.05) is 6.07 Å². The lowest BCUT2D eigenvalue weighted by atomic mass is 10.3. The molecule has 0 saturated heterocycles. The van der Waals surface area contributed by atoms with E-state index in [4.69, 9.17) is 4.74 Å². The number of ether oxygens (including phenoxy) is 1. The molecule has 0 spiro atoms. The molecule has 18 heavy (non-hydrogen) atoms. The molecule has 0 aliphatic heterocycles. The molecule has 0 saturated carbocycles. The molecule has 2 rings (SSSR count). The number of benzene rings is 1. The van der Waals surface area contributed by atoms with Gasteiger partial charge in [0.05, 0.1) is 4.47 Å². The van der Waals surface area contributed by atoms with E-state index in [1.54, 1.807) is 18.3 Å². The molecule has 0 amide bonds. The van der Waals surface area contributed by atoms with Gasteiger partial charge in [-0.25, -0.2) is 9.37 Å². The SMILES string of the molecule is CNCc1ccc(Oc2ccc(F)cc2Br)nc1. The third-order valence-corrected chi connectivity index (χ3v) is 2.91. The van der Waals surface area contributed by atoms with Crippen LogP contribution in [0.5, 0.6) is 11.6 Å². The highest BCUT2D eigenvalue weighted by atomic mass is 79.9. The smallest absolute Gasteiger partial charge is 0.219 e. The Bertz CT molecular complexity index is 531. The number of halogens is 2. The highest BCUT2D eigenvalue weighted by Gasteiger charge is 2.05. The van der Waals surface area contributed by atoms with Gasteiger partial charge in [-0.05, 0) is 46.7 Å². The fourth-order valence-corrected chi connectivity index (χ4v) is 1.88. The van der Waals surface area contributed by atoms with Crippen molar-refractivity contribution < 1.29 is 9.13 Å². The molecule has 3 nitrogen and oxygen atoms in total. The van der Waals surface area contributed by atoms with Gasteiger partial charge in [0.1, 0.15) is 11.6 Å². The molecule has 0 aliphatic carbocycles. The van der Waals surface area contributed by atoms with Crippen LogP contribution >= 0.6 is 15.9 Å². The van der Waals surface area contributed by atoms with Gasteiger partial charge < -0.3 is 10.1 Å². The summed E-state index contributed by atoms with van der Waals surface area (Å²) >= 11 is 3.24. The van der Waals surface area contributed by atoms with E-state index < -0.39 is 0 Å². The summed E-state index contributed by atoms with van der Waals surface area (Å²) in [6, 6.07) is 7.96. The van der Waals surface area contributed by atoms with Gasteiger partial charge in [0.2, 0.25) is 5.88 Å². The average Bonchev–Trinajstić information content (AvgIpc) is 2.35. The van der Waals surface area contributed by atoms with E-state index in [-0.39, 0.29) is 5.82 Å². The first-order valence-electron chi connectivity index (χ1n) is 5.41. The van der Waals surface area contributed by atoms with Crippen LogP contribution in [0.2, 0.25) is 0 Å². The predicted octanol–water partition coefficient (Wildman–Crippen LogP) is 3.49. The molecule has 0 bridgehead atoms. The molecular weight excluding hydrogens is 299 g/mol. The van der Waals surface area contributed by atoms with E-state index >= 15 is 0 Å². The molecule has 0 atom stereocenters. The van der Waals surface area contributed by atoms with Crippen molar-refractivity contribution in [3.63, 3.8) is 0 Å². The topological polar surface area (TPSA) is 34.1 Å². The van der Waals surface area contributed by atoms with Crippen LogP contribution < -0.4 is 10.1 Å². The Kier molecular flexibility index (Phi) is 4.28. The van der Waals surface area contributed by atoms with Crippen LogP contribution in [0.25, 0.3) is 0 Å². The van der Waals surface area contributed by atoms with E-state index in [1.807, 2.05) is 13.1 Å². The molecule has 0 radical (unpaired) electrons. The first-order valence-corrected chi connectivity index (χ1v) is 6.21. The molecule has 0 fully saturated rings. The van der Waals surface area contributed by atoms with Gasteiger partial charge >= 0.3 is 0 Å². The zero-order valence-electron chi connectivity index (χ0n) is 9.78. The summed E-state index contributed by atoms with van der Waals surface area (Å²) in [4.78, 5) is 4.18. The molecule has 1 heterocycles. The van der Waals surface area contributed by atoms with Crippen molar-refractivity contribution in [2.75, 3.05) is 7.05 Å². The second kappa shape index (κ2) is 5.93. The zero-order chi connectivity index (χ0) is 13.0. The maximum absolute atomic E-state index is 12.9. The molecule has 94 valence electrons. The van der Waals surface area contributed by atoms with Gasteiger partial charge in [-0.15, -0.1) is 0 Å². The van der Waals surface area contributed by atoms with Gasteiger partial charge in [-0.3, -0.25) is 0 Å². The first kappa shape index (κ1) is 13.0. The van der Waals surface area contributed by atoms with Crippen LogP contribution in [-0.2, 0) is 6.54 Å². The number of aromatic nitrogens is 1. The van der Waals surface area contributed by atoms with Gasteiger partial charge in [-0.2, -0.15) is 0 Å². The number of hydrogen-bond donors (Lipinski definition) is 1. The van der Waals surface area contributed by atoms with E-state index in [1.165, 1.54) is 12.1 Å². The van der Waals surface area contributed by atoms with Crippen molar-refractivity contribution >= 4 is 15.9 Å². The number of nitrogens with one attached hydrogen (secondary N) is 1. The second-order valence-electron chi connectivity index (χ2n) is 3.71. The highest BCUT2D eigenvalue weighted by molar-refractivity contribution is 9.10. The predicted molar refractivity (Wildman–Crippen MR) is 71.2 cm³/mol. The largest absolute Gasteiger partial charge is 0.438 e. The number of nitrogens with zero attached hydrogens (tertiary/aromatic N) is 1. The maximum Gasteiger partial charge on any atom is 0.219 e. The Morgan fingerprint density at radius 1 is 1.33 bits per heavy atom. The van der Waals surface area contributed by atoms with Crippen molar-refractivity contribution in [1.29, 1.82) is 0 Å². The van der Waals surface area contributed by atoms with Crippen LogP contribution in [0.1, 0.15) is 5.56 Å². The lowest BCUT2D eigenvalue weighted by molar-refractivity contribution is 0.457. The molecule has 0 unspecified atom stereocenters. The minimum atomic E-state index is -0.313. The molecule has 1 aromatic carbocycles. The van der Waals surface area contributed by atoms with E-state index in [2.05, 4.69) is 26.2 Å². The Hall–Kier alpha value is -1.46. The fraction of sp³-hybridized carbons (Fsp3) is 0.154. The Morgan fingerprint density at radius 2 is 2.17 bits per heavy atom. The minimum absolute atomic E-state index is 0.313. The summed E-state index contributed by atoms with van der Waals surface area (Å²) < 4.78 is 19.0. The number of hydrogen-bond acceptors (Lipinski definition) is 3. The van der Waals surface area contributed by atoms with Gasteiger partial charge in [0.25, 0.3) is 0 Å². The van der Waals surface area contributed by atoms with E-state index in [0.717, 1.165) is 12.1 Å². The van der Waals surface area contributed by atoms with Crippen molar-refractivity contribution in [2.24, 2.45) is 0 Å². The molecule has 5 heteroatoms. The van der Waals surface area contributed by atoms with Crippen LogP contribution in [0.15, 0.2) is 41.0 Å². The van der Waals surface area contributed by atoms with Gasteiger partial charge in [0, 0.05) is 18.8 Å². The number of rotatable bonds is 4. The highest BCUT2D eigenvalue weighted by Crippen LogP contribution is 2.29. The number of pyridine rings is 1. The quantitative estimate of drug-likeness (QED) is 0.938. The molecule has 1 aromatic heterocycles. The summed E-state index contributed by atoms with van der Waals surface area (Å²) in [6.45, 7) is 0.757. The summed E-state index contributed by atoms with van der Waals surface area (Å²) in [6.07, 6.45) is 1.74. The molecule has 1 N–H and O–H groups in total. The van der Waals surface area contributed by atoms with E-state index in [0.29, 0.717) is 16.1 Å². The van der Waals surface area contributed by atoms with Crippen LogP contribution in [0, 0.1) is 5.82 Å². The summed E-state index contributed by atoms with van der Waals surface area (Å²) in [7, 11) is 1.88. The Morgan fingerprint density at radius 3 is 2.78 bits per heavy atom. The molecule has 2 aromatic rings. The van der Waals surface area contributed by atoms with Crippen molar-refractivity contribution in [1.82, 2.24) is 10.3 Å². The summed E-state index contributed by atoms with van der Waals surface area (Å²) in [5.41, 5.74) is 1.07. The fourth-order valence-electron chi connectivity index (χ4n) is 1.45. The zero-order valence-corrected chi connectivity index (χ0v) is 11.4. The summed E-state index contributed by atoms with van der Waals surface area (Å²) in [5.74, 6) is 0.694. The lowest BCUT2D eigenvalue weighted by Crippen LogP contribution is -2.05. The minimum Gasteiger partial charge on any atom is -0.438 e. The maximum atomic E-state index is 12.9. The van der Waals surface area contributed by atoms with Crippen molar-refractivity contribution in [2.45, 2.75) is 6.54 Å². The average molecular weight is 311 g/mol. The van der Waals surface area contributed by atoms with Crippen molar-refractivity contribution in [3.05, 3.63) is 52.4 Å². The van der Waals surface area contributed by atoms with Gasteiger partial charge in [0.15, 0.2) is 0 Å². The van der Waals surface area contributed by atoms with Crippen LogP contribution in [0.3, 0.4) is 0 Å². The Labute approximate surface area is 113 Å². The molecular formula is C13H12BrFN2O. The monoisotopic (exact) mass is 310 g/mol. The normalized spacial score (nSPS) is 10.4. The third kappa shape index (κ3) is 3.27. The Balaban J connectivity index is 2.13. The lowest BCUT2D eigenvalue weighted by Gasteiger charge is -2.07. The third-order valence-electron chi connectivity index (χ3n) is 2.29. The van der Waals surface area contributed by atoms with E-state index in [9.17, 15) is 4.39 Å². The standard InChI is InChI=1S/C13H12BrFN2O/c1-16-7-9-2-5-13(17-8-9)18-12-4-3-10(15)6-11(12)14/h2-6,8,16H,7H2,1H3.